The number of carbonyl (C=O) groups is 2. The fourth-order valence-corrected chi connectivity index (χ4v) is 2.81. The Labute approximate surface area is 172 Å². The highest BCUT2D eigenvalue weighted by Gasteiger charge is 2.13. The summed E-state index contributed by atoms with van der Waals surface area (Å²) in [6, 6.07) is 9.57. The van der Waals surface area contributed by atoms with E-state index in [2.05, 4.69) is 5.32 Å². The number of hydrogen-bond donors (Lipinski definition) is 3. The number of rotatable bonds is 9. The molecule has 2 amide bonds. The smallest absolute Gasteiger partial charge is 0.251 e. The predicted molar refractivity (Wildman–Crippen MR) is 107 cm³/mol. The zero-order valence-electron chi connectivity index (χ0n) is 15.6. The van der Waals surface area contributed by atoms with Crippen molar-refractivity contribution in [3.05, 3.63) is 70.2 Å². The zero-order valence-corrected chi connectivity index (χ0v) is 16.3. The molecule has 5 nitrogen and oxygen atoms in total. The summed E-state index contributed by atoms with van der Waals surface area (Å²) < 4.78 is 26.6. The highest BCUT2D eigenvalue weighted by atomic mass is 35.5. The lowest BCUT2D eigenvalue weighted by molar-refractivity contribution is -0.129. The van der Waals surface area contributed by atoms with Gasteiger partial charge < -0.3 is 5.32 Å². The van der Waals surface area contributed by atoms with Gasteiger partial charge in [0, 0.05) is 18.5 Å². The Bertz CT molecular complexity index is 886. The Morgan fingerprint density at radius 1 is 1.03 bits per heavy atom. The molecule has 0 aromatic heterocycles. The summed E-state index contributed by atoms with van der Waals surface area (Å²) in [5, 5.41) is 11.2. The molecule has 0 aliphatic heterocycles. The molecule has 0 atom stereocenters. The summed E-state index contributed by atoms with van der Waals surface area (Å²) in [5.74, 6) is -1.81. The monoisotopic (exact) mass is 422 g/mol. The second-order valence-electron chi connectivity index (χ2n) is 6.34. The summed E-state index contributed by atoms with van der Waals surface area (Å²) in [6.07, 6.45) is 3.67. The molecule has 29 heavy (non-hydrogen) atoms. The molecule has 0 unspecified atom stereocenters. The number of hydrogen-bond acceptors (Lipinski definition) is 3. The number of unbranched alkanes of at least 4 members (excludes halogenated alkanes) is 2. The Kier molecular flexibility index (Phi) is 8.76. The standard InChI is InChI=1S/C21H21ClF2N2O3/c22-18-13-14(5-10-19(18)24)12-17(15-6-8-16(23)9-7-15)21(28)25-11-3-1-2-4-20(27)26-29/h5-10,12-13,29H,1-4,11H2,(H,25,28)(H,26,27)/b17-12+. The van der Waals surface area contributed by atoms with Gasteiger partial charge in [0.05, 0.1) is 5.02 Å². The third-order valence-electron chi connectivity index (χ3n) is 4.15. The quantitative estimate of drug-likeness (QED) is 0.185. The van der Waals surface area contributed by atoms with E-state index in [0.29, 0.717) is 36.9 Å². The van der Waals surface area contributed by atoms with E-state index >= 15 is 0 Å². The van der Waals surface area contributed by atoms with Crippen molar-refractivity contribution in [2.75, 3.05) is 6.54 Å². The first-order chi connectivity index (χ1) is 13.9. The molecule has 3 N–H and O–H groups in total. The van der Waals surface area contributed by atoms with Gasteiger partial charge in [0.2, 0.25) is 5.91 Å². The lowest BCUT2D eigenvalue weighted by atomic mass is 10.0. The number of nitrogens with one attached hydrogen (secondary N) is 2. The Morgan fingerprint density at radius 2 is 1.76 bits per heavy atom. The molecule has 0 radical (unpaired) electrons. The molecule has 0 bridgehead atoms. The van der Waals surface area contributed by atoms with E-state index in [4.69, 9.17) is 16.8 Å². The lowest BCUT2D eigenvalue weighted by Crippen LogP contribution is -2.25. The van der Waals surface area contributed by atoms with Crippen LogP contribution in [0.1, 0.15) is 36.8 Å². The van der Waals surface area contributed by atoms with Crippen molar-refractivity contribution in [1.29, 1.82) is 0 Å². The number of halogens is 3. The van der Waals surface area contributed by atoms with Crippen molar-refractivity contribution in [3.8, 4) is 0 Å². The summed E-state index contributed by atoms with van der Waals surface area (Å²) in [5.41, 5.74) is 2.88. The first kappa shape index (κ1) is 22.5. The average Bonchev–Trinajstić information content (AvgIpc) is 2.71. The molecule has 0 saturated heterocycles. The van der Waals surface area contributed by atoms with Crippen LogP contribution in [0.5, 0.6) is 0 Å². The minimum atomic E-state index is -0.563. The third-order valence-corrected chi connectivity index (χ3v) is 4.44. The number of hydroxylamine groups is 1. The van der Waals surface area contributed by atoms with Gasteiger partial charge in [-0.2, -0.15) is 0 Å². The van der Waals surface area contributed by atoms with Gasteiger partial charge in [0.1, 0.15) is 11.6 Å². The van der Waals surface area contributed by atoms with Crippen LogP contribution in [0.2, 0.25) is 5.02 Å². The molecule has 0 fully saturated rings. The summed E-state index contributed by atoms with van der Waals surface area (Å²) in [6.45, 7) is 0.377. The van der Waals surface area contributed by atoms with Crippen LogP contribution in [0.25, 0.3) is 11.6 Å². The Morgan fingerprint density at radius 3 is 2.41 bits per heavy atom. The molecular formula is C21H21ClF2N2O3. The van der Waals surface area contributed by atoms with Gasteiger partial charge in [-0.3, -0.25) is 14.8 Å². The second kappa shape index (κ2) is 11.3. The molecule has 2 rings (SSSR count). The van der Waals surface area contributed by atoms with Crippen LogP contribution in [0, 0.1) is 11.6 Å². The maximum absolute atomic E-state index is 13.4. The molecule has 8 heteroatoms. The average molecular weight is 423 g/mol. The molecule has 0 saturated carbocycles. The van der Waals surface area contributed by atoms with Crippen LogP contribution in [0.3, 0.4) is 0 Å². The fraction of sp³-hybridized carbons (Fsp3) is 0.238. The van der Waals surface area contributed by atoms with Crippen molar-refractivity contribution in [3.63, 3.8) is 0 Å². The number of carbonyl (C=O) groups excluding carboxylic acids is 2. The second-order valence-corrected chi connectivity index (χ2v) is 6.75. The van der Waals surface area contributed by atoms with Crippen molar-refractivity contribution in [2.24, 2.45) is 0 Å². The zero-order chi connectivity index (χ0) is 21.2. The van der Waals surface area contributed by atoms with Gasteiger partial charge in [0.15, 0.2) is 0 Å². The van der Waals surface area contributed by atoms with E-state index in [1.165, 1.54) is 42.5 Å². The number of amides is 2. The SMILES string of the molecule is O=C(CCCCCNC(=O)/C(=C/c1ccc(F)c(Cl)c1)c1ccc(F)cc1)NO. The van der Waals surface area contributed by atoms with E-state index in [0.717, 1.165) is 0 Å². The Balaban J connectivity index is 2.08. The van der Waals surface area contributed by atoms with Gasteiger partial charge in [-0.15, -0.1) is 0 Å². The van der Waals surface area contributed by atoms with Gasteiger partial charge in [-0.05, 0) is 54.3 Å². The molecule has 0 aliphatic carbocycles. The van der Waals surface area contributed by atoms with Crippen LogP contribution in [-0.2, 0) is 9.59 Å². The van der Waals surface area contributed by atoms with Crippen LogP contribution >= 0.6 is 11.6 Å². The van der Waals surface area contributed by atoms with Gasteiger partial charge in [-0.1, -0.05) is 36.2 Å². The maximum Gasteiger partial charge on any atom is 0.251 e. The normalized spacial score (nSPS) is 11.2. The molecule has 2 aromatic carbocycles. The van der Waals surface area contributed by atoms with Crippen LogP contribution in [0.4, 0.5) is 8.78 Å². The molecule has 154 valence electrons. The first-order valence-electron chi connectivity index (χ1n) is 9.04. The van der Waals surface area contributed by atoms with Crippen LogP contribution < -0.4 is 10.8 Å². The molecular weight excluding hydrogens is 402 g/mol. The highest BCUT2D eigenvalue weighted by Crippen LogP contribution is 2.22. The van der Waals surface area contributed by atoms with E-state index < -0.39 is 17.5 Å². The van der Waals surface area contributed by atoms with Crippen LogP contribution in [0.15, 0.2) is 42.5 Å². The highest BCUT2D eigenvalue weighted by molar-refractivity contribution is 6.31. The van der Waals surface area contributed by atoms with Gasteiger partial charge >= 0.3 is 0 Å². The number of benzene rings is 2. The maximum atomic E-state index is 13.4. The summed E-state index contributed by atoms with van der Waals surface area (Å²) in [7, 11) is 0. The van der Waals surface area contributed by atoms with Gasteiger partial charge in [-0.25, -0.2) is 14.3 Å². The fourth-order valence-electron chi connectivity index (χ4n) is 2.62. The lowest BCUT2D eigenvalue weighted by Gasteiger charge is -2.10. The largest absolute Gasteiger partial charge is 0.352 e. The van der Waals surface area contributed by atoms with E-state index in [9.17, 15) is 18.4 Å². The summed E-state index contributed by atoms with van der Waals surface area (Å²) in [4.78, 5) is 23.6. The van der Waals surface area contributed by atoms with E-state index in [-0.39, 0.29) is 22.9 Å². The van der Waals surface area contributed by atoms with Crippen molar-refractivity contribution in [1.82, 2.24) is 10.8 Å². The van der Waals surface area contributed by atoms with Gasteiger partial charge in [0.25, 0.3) is 5.91 Å². The topological polar surface area (TPSA) is 78.4 Å². The van der Waals surface area contributed by atoms with E-state index in [1.807, 2.05) is 0 Å². The Hall–Kier alpha value is -2.77. The van der Waals surface area contributed by atoms with E-state index in [1.54, 1.807) is 11.6 Å². The first-order valence-corrected chi connectivity index (χ1v) is 9.42. The van der Waals surface area contributed by atoms with Crippen molar-refractivity contribution in [2.45, 2.75) is 25.7 Å². The predicted octanol–water partition coefficient (Wildman–Crippen LogP) is 4.34. The minimum Gasteiger partial charge on any atom is -0.352 e. The third kappa shape index (κ3) is 7.29. The molecule has 0 aliphatic rings. The summed E-state index contributed by atoms with van der Waals surface area (Å²) >= 11 is 5.81. The van der Waals surface area contributed by atoms with Crippen LogP contribution in [-0.4, -0.2) is 23.6 Å². The molecule has 2 aromatic rings. The van der Waals surface area contributed by atoms with Crippen molar-refractivity contribution >= 4 is 35.1 Å². The van der Waals surface area contributed by atoms with Crippen molar-refractivity contribution < 1.29 is 23.6 Å². The molecule has 0 heterocycles. The molecule has 0 spiro atoms. The minimum absolute atomic E-state index is 0.0652.